The monoisotopic (exact) mass is 262 g/mol. The van der Waals surface area contributed by atoms with Gasteiger partial charge in [-0.25, -0.2) is 0 Å². The van der Waals surface area contributed by atoms with Crippen LogP contribution in [-0.2, 0) is 6.54 Å². The average Bonchev–Trinajstić information content (AvgIpc) is 2.82. The number of aryl methyl sites for hydroxylation is 1. The SMILES string of the molecule is COc1ccc(O)c(C(C)NCc2cc(C)on2)c1. The first-order valence-corrected chi connectivity index (χ1v) is 6.12. The summed E-state index contributed by atoms with van der Waals surface area (Å²) in [6, 6.07) is 7.04. The van der Waals surface area contributed by atoms with E-state index in [1.807, 2.05) is 26.0 Å². The Bertz CT molecular complexity index is 551. The molecule has 0 aliphatic rings. The first-order valence-electron chi connectivity index (χ1n) is 6.12. The molecule has 0 saturated carbocycles. The summed E-state index contributed by atoms with van der Waals surface area (Å²) in [5.74, 6) is 1.75. The van der Waals surface area contributed by atoms with Crippen LogP contribution in [0, 0.1) is 6.92 Å². The van der Waals surface area contributed by atoms with Crippen molar-refractivity contribution in [2.45, 2.75) is 26.4 Å². The topological polar surface area (TPSA) is 67.5 Å². The number of aromatic hydroxyl groups is 1. The molecule has 0 radical (unpaired) electrons. The van der Waals surface area contributed by atoms with E-state index in [1.54, 1.807) is 19.2 Å². The highest BCUT2D eigenvalue weighted by atomic mass is 16.5. The summed E-state index contributed by atoms with van der Waals surface area (Å²) < 4.78 is 10.2. The Hall–Kier alpha value is -2.01. The summed E-state index contributed by atoms with van der Waals surface area (Å²) in [5.41, 5.74) is 1.63. The fourth-order valence-corrected chi connectivity index (χ4v) is 1.88. The predicted molar refractivity (Wildman–Crippen MR) is 71.2 cm³/mol. The van der Waals surface area contributed by atoms with Crippen LogP contribution in [0.15, 0.2) is 28.8 Å². The highest BCUT2D eigenvalue weighted by Gasteiger charge is 2.12. The van der Waals surface area contributed by atoms with Crippen molar-refractivity contribution >= 4 is 0 Å². The molecule has 19 heavy (non-hydrogen) atoms. The van der Waals surface area contributed by atoms with E-state index in [9.17, 15) is 5.11 Å². The Kier molecular flexibility index (Phi) is 4.06. The molecule has 1 heterocycles. The smallest absolute Gasteiger partial charge is 0.133 e. The fraction of sp³-hybridized carbons (Fsp3) is 0.357. The number of nitrogens with one attached hydrogen (secondary N) is 1. The normalized spacial score (nSPS) is 12.4. The number of rotatable bonds is 5. The number of hydrogen-bond acceptors (Lipinski definition) is 5. The van der Waals surface area contributed by atoms with Crippen molar-refractivity contribution in [1.82, 2.24) is 10.5 Å². The fourth-order valence-electron chi connectivity index (χ4n) is 1.88. The van der Waals surface area contributed by atoms with Gasteiger partial charge in [-0.2, -0.15) is 0 Å². The van der Waals surface area contributed by atoms with Crippen molar-refractivity contribution in [2.24, 2.45) is 0 Å². The summed E-state index contributed by atoms with van der Waals surface area (Å²) in [6.45, 7) is 4.41. The van der Waals surface area contributed by atoms with E-state index in [0.29, 0.717) is 6.54 Å². The van der Waals surface area contributed by atoms with Crippen LogP contribution in [0.25, 0.3) is 0 Å². The van der Waals surface area contributed by atoms with Gasteiger partial charge in [-0.1, -0.05) is 5.16 Å². The van der Waals surface area contributed by atoms with Crippen LogP contribution in [0.3, 0.4) is 0 Å². The molecule has 102 valence electrons. The van der Waals surface area contributed by atoms with Crippen LogP contribution < -0.4 is 10.1 Å². The second-order valence-corrected chi connectivity index (χ2v) is 4.46. The number of phenolic OH excluding ortho intramolecular Hbond substituents is 1. The quantitative estimate of drug-likeness (QED) is 0.866. The van der Waals surface area contributed by atoms with Crippen LogP contribution in [-0.4, -0.2) is 17.4 Å². The zero-order valence-electron chi connectivity index (χ0n) is 11.3. The van der Waals surface area contributed by atoms with E-state index in [-0.39, 0.29) is 11.8 Å². The lowest BCUT2D eigenvalue weighted by atomic mass is 10.1. The highest BCUT2D eigenvalue weighted by molar-refractivity contribution is 5.41. The van der Waals surface area contributed by atoms with Gasteiger partial charge in [0.1, 0.15) is 17.3 Å². The summed E-state index contributed by atoms with van der Waals surface area (Å²) in [5, 5.41) is 17.1. The van der Waals surface area contributed by atoms with Crippen molar-refractivity contribution in [3.63, 3.8) is 0 Å². The summed E-state index contributed by atoms with van der Waals surface area (Å²) in [6.07, 6.45) is 0. The number of ether oxygens (including phenoxy) is 1. The lowest BCUT2D eigenvalue weighted by Gasteiger charge is -2.15. The molecule has 1 aromatic carbocycles. The lowest BCUT2D eigenvalue weighted by Crippen LogP contribution is -2.18. The van der Waals surface area contributed by atoms with Gasteiger partial charge in [0.25, 0.3) is 0 Å². The number of methoxy groups -OCH3 is 1. The number of aromatic nitrogens is 1. The van der Waals surface area contributed by atoms with Gasteiger partial charge < -0.3 is 19.7 Å². The molecule has 1 unspecified atom stereocenters. The number of nitrogens with zero attached hydrogens (tertiary/aromatic N) is 1. The van der Waals surface area contributed by atoms with Gasteiger partial charge in [0.2, 0.25) is 0 Å². The van der Waals surface area contributed by atoms with E-state index in [0.717, 1.165) is 22.8 Å². The van der Waals surface area contributed by atoms with E-state index in [4.69, 9.17) is 9.26 Å². The molecule has 0 aliphatic carbocycles. The first-order chi connectivity index (χ1) is 9.10. The van der Waals surface area contributed by atoms with Crippen LogP contribution >= 0.6 is 0 Å². The van der Waals surface area contributed by atoms with Gasteiger partial charge in [0.15, 0.2) is 0 Å². The minimum Gasteiger partial charge on any atom is -0.508 e. The molecule has 2 N–H and O–H groups in total. The molecule has 0 aliphatic heterocycles. The van der Waals surface area contributed by atoms with Crippen molar-refractivity contribution < 1.29 is 14.4 Å². The van der Waals surface area contributed by atoms with Crippen LogP contribution in [0.1, 0.15) is 30.0 Å². The third-order valence-corrected chi connectivity index (χ3v) is 2.97. The van der Waals surface area contributed by atoms with Gasteiger partial charge in [-0.3, -0.25) is 0 Å². The summed E-state index contributed by atoms with van der Waals surface area (Å²) in [7, 11) is 1.60. The number of phenols is 1. The van der Waals surface area contributed by atoms with Gasteiger partial charge >= 0.3 is 0 Å². The average molecular weight is 262 g/mol. The molecular formula is C14H18N2O3. The van der Waals surface area contributed by atoms with Crippen LogP contribution in [0.2, 0.25) is 0 Å². The summed E-state index contributed by atoms with van der Waals surface area (Å²) >= 11 is 0. The molecule has 0 saturated heterocycles. The zero-order valence-corrected chi connectivity index (χ0v) is 11.3. The Labute approximate surface area is 112 Å². The Morgan fingerprint density at radius 2 is 2.21 bits per heavy atom. The lowest BCUT2D eigenvalue weighted by molar-refractivity contribution is 0.385. The number of hydrogen-bond donors (Lipinski definition) is 2. The maximum absolute atomic E-state index is 9.87. The molecule has 5 nitrogen and oxygen atoms in total. The molecule has 1 atom stereocenters. The maximum atomic E-state index is 9.87. The Morgan fingerprint density at radius 1 is 1.42 bits per heavy atom. The summed E-state index contributed by atoms with van der Waals surface area (Å²) in [4.78, 5) is 0. The molecule has 5 heteroatoms. The second-order valence-electron chi connectivity index (χ2n) is 4.46. The van der Waals surface area contributed by atoms with Crippen molar-refractivity contribution in [2.75, 3.05) is 7.11 Å². The highest BCUT2D eigenvalue weighted by Crippen LogP contribution is 2.28. The predicted octanol–water partition coefficient (Wildman–Crippen LogP) is 2.55. The van der Waals surface area contributed by atoms with E-state index in [1.165, 1.54) is 0 Å². The molecular weight excluding hydrogens is 244 g/mol. The minimum absolute atomic E-state index is 0.0212. The molecule has 0 amide bonds. The Morgan fingerprint density at radius 3 is 2.84 bits per heavy atom. The molecule has 2 aromatic rings. The number of benzene rings is 1. The van der Waals surface area contributed by atoms with Gasteiger partial charge in [-0.15, -0.1) is 0 Å². The largest absolute Gasteiger partial charge is 0.508 e. The van der Waals surface area contributed by atoms with Crippen molar-refractivity contribution in [3.8, 4) is 11.5 Å². The van der Waals surface area contributed by atoms with E-state index < -0.39 is 0 Å². The molecule has 0 fully saturated rings. The van der Waals surface area contributed by atoms with Crippen molar-refractivity contribution in [1.29, 1.82) is 0 Å². The maximum Gasteiger partial charge on any atom is 0.133 e. The Balaban J connectivity index is 2.04. The van der Waals surface area contributed by atoms with Crippen LogP contribution in [0.4, 0.5) is 0 Å². The van der Waals surface area contributed by atoms with E-state index >= 15 is 0 Å². The van der Waals surface area contributed by atoms with Gasteiger partial charge in [-0.05, 0) is 32.0 Å². The van der Waals surface area contributed by atoms with Crippen LogP contribution in [0.5, 0.6) is 11.5 Å². The first kappa shape index (κ1) is 13.4. The second kappa shape index (κ2) is 5.75. The standard InChI is InChI=1S/C14H18N2O3/c1-9-6-11(16-19-9)8-15-10(2)13-7-12(18-3)4-5-14(13)17/h4-7,10,15,17H,8H2,1-3H3. The zero-order chi connectivity index (χ0) is 13.8. The third kappa shape index (κ3) is 3.26. The molecule has 1 aromatic heterocycles. The molecule has 2 rings (SSSR count). The molecule has 0 spiro atoms. The van der Waals surface area contributed by atoms with Crippen molar-refractivity contribution in [3.05, 3.63) is 41.3 Å². The van der Waals surface area contributed by atoms with E-state index in [2.05, 4.69) is 10.5 Å². The molecule has 0 bridgehead atoms. The van der Waals surface area contributed by atoms with Gasteiger partial charge in [0.05, 0.1) is 12.8 Å². The third-order valence-electron chi connectivity index (χ3n) is 2.97. The minimum atomic E-state index is -0.0212. The van der Waals surface area contributed by atoms with Gasteiger partial charge in [0, 0.05) is 24.2 Å².